The van der Waals surface area contributed by atoms with Crippen molar-refractivity contribution in [3.63, 3.8) is 0 Å². The third kappa shape index (κ3) is 2.62. The number of halogens is 2. The van der Waals surface area contributed by atoms with Gasteiger partial charge in [-0.25, -0.2) is 9.69 Å². The number of amides is 2. The molecule has 4 nitrogen and oxygen atoms in total. The van der Waals surface area contributed by atoms with Gasteiger partial charge in [-0.2, -0.15) is 0 Å². The third-order valence-electron chi connectivity index (χ3n) is 2.55. The lowest BCUT2D eigenvalue weighted by Gasteiger charge is -2.25. The van der Waals surface area contributed by atoms with E-state index in [4.69, 9.17) is 16.3 Å². The fourth-order valence-electron chi connectivity index (χ4n) is 1.81. The number of ether oxygens (including phenoxy) is 1. The molecule has 1 unspecified atom stereocenters. The van der Waals surface area contributed by atoms with E-state index in [1.165, 1.54) is 0 Å². The number of hydrogen-bond donors (Lipinski definition) is 0. The van der Waals surface area contributed by atoms with Crippen LogP contribution in [0.25, 0.3) is 0 Å². The summed E-state index contributed by atoms with van der Waals surface area (Å²) in [5.41, 5.74) is 0.350. The second kappa shape index (κ2) is 4.80. The van der Waals surface area contributed by atoms with E-state index in [2.05, 4.69) is 15.9 Å². The van der Waals surface area contributed by atoms with Crippen molar-refractivity contribution in [2.45, 2.75) is 31.3 Å². The van der Waals surface area contributed by atoms with E-state index < -0.39 is 22.6 Å². The molecule has 0 saturated carbocycles. The molecule has 0 aliphatic carbocycles. The molecule has 2 rings (SSSR count). The normalized spacial score (nSPS) is 18.5. The SMILES string of the molecule is CC(C)(C)OC(=O)N1C(=O)c2c(Cl)cccc2C1Br. The van der Waals surface area contributed by atoms with Crippen LogP contribution in [-0.2, 0) is 4.74 Å². The van der Waals surface area contributed by atoms with Crippen LogP contribution in [0.1, 0.15) is 41.6 Å². The number of alkyl halides is 1. The first-order valence-electron chi connectivity index (χ1n) is 5.71. The van der Waals surface area contributed by atoms with Crippen LogP contribution in [0, 0.1) is 0 Å². The minimum Gasteiger partial charge on any atom is -0.443 e. The molecule has 0 saturated heterocycles. The van der Waals surface area contributed by atoms with Crippen molar-refractivity contribution in [1.82, 2.24) is 4.90 Å². The number of nitrogens with zero attached hydrogens (tertiary/aromatic N) is 1. The number of imide groups is 1. The Balaban J connectivity index is 2.35. The van der Waals surface area contributed by atoms with E-state index >= 15 is 0 Å². The van der Waals surface area contributed by atoms with Gasteiger partial charge in [-0.3, -0.25) is 4.79 Å². The van der Waals surface area contributed by atoms with E-state index in [9.17, 15) is 9.59 Å². The summed E-state index contributed by atoms with van der Waals surface area (Å²) >= 11 is 9.34. The number of rotatable bonds is 0. The number of carbonyl (C=O) groups is 2. The first-order chi connectivity index (χ1) is 8.72. The number of carbonyl (C=O) groups excluding carboxylic acids is 2. The zero-order chi connectivity index (χ0) is 14.4. The molecule has 1 atom stereocenters. The van der Waals surface area contributed by atoms with Gasteiger partial charge in [0, 0.05) is 5.56 Å². The molecule has 0 N–H and O–H groups in total. The molecule has 0 spiro atoms. The van der Waals surface area contributed by atoms with Crippen molar-refractivity contribution in [2.24, 2.45) is 0 Å². The highest BCUT2D eigenvalue weighted by Gasteiger charge is 2.42. The topological polar surface area (TPSA) is 46.6 Å². The van der Waals surface area contributed by atoms with Crippen molar-refractivity contribution in [3.05, 3.63) is 34.3 Å². The van der Waals surface area contributed by atoms with Gasteiger partial charge in [-0.15, -0.1) is 0 Å². The summed E-state index contributed by atoms with van der Waals surface area (Å²) in [6, 6.07) is 5.11. The summed E-state index contributed by atoms with van der Waals surface area (Å²) in [5.74, 6) is -0.447. The molecule has 1 aromatic carbocycles. The molecule has 0 aromatic heterocycles. The molecular formula is C13H13BrClNO3. The lowest BCUT2D eigenvalue weighted by molar-refractivity contribution is 0.0246. The minimum atomic E-state index is -0.688. The Bertz CT molecular complexity index is 553. The van der Waals surface area contributed by atoms with E-state index in [1.807, 2.05) is 0 Å². The highest BCUT2D eigenvalue weighted by atomic mass is 79.9. The lowest BCUT2D eigenvalue weighted by Crippen LogP contribution is -2.37. The average Bonchev–Trinajstić information content (AvgIpc) is 2.50. The summed E-state index contributed by atoms with van der Waals surface area (Å²) in [6.07, 6.45) is -0.688. The number of benzene rings is 1. The standard InChI is InChI=1S/C13H13BrClNO3/c1-13(2,3)19-12(18)16-10(14)7-5-4-6-8(15)9(7)11(16)17/h4-6,10H,1-3H3. The summed E-state index contributed by atoms with van der Waals surface area (Å²) < 4.78 is 5.23. The minimum absolute atomic E-state index is 0.331. The van der Waals surface area contributed by atoms with Gasteiger partial charge in [0.1, 0.15) is 10.6 Å². The summed E-state index contributed by atoms with van der Waals surface area (Å²) in [4.78, 5) is 24.8. The van der Waals surface area contributed by atoms with Gasteiger partial charge >= 0.3 is 6.09 Å². The molecule has 2 amide bonds. The fourth-order valence-corrected chi connectivity index (χ4v) is 2.81. The molecule has 6 heteroatoms. The van der Waals surface area contributed by atoms with Crippen LogP contribution in [0.4, 0.5) is 4.79 Å². The Morgan fingerprint density at radius 1 is 1.42 bits per heavy atom. The molecule has 1 aromatic rings. The van der Waals surface area contributed by atoms with E-state index in [0.717, 1.165) is 4.90 Å². The Kier molecular flexibility index (Phi) is 3.62. The molecule has 1 heterocycles. The van der Waals surface area contributed by atoms with Gasteiger partial charge < -0.3 is 4.74 Å². The fraction of sp³-hybridized carbons (Fsp3) is 0.385. The summed E-state index contributed by atoms with van der Waals surface area (Å²) in [6.45, 7) is 5.23. The zero-order valence-electron chi connectivity index (χ0n) is 10.7. The maximum atomic E-state index is 12.3. The highest BCUT2D eigenvalue weighted by Crippen LogP contribution is 2.41. The number of hydrogen-bond acceptors (Lipinski definition) is 3. The maximum absolute atomic E-state index is 12.3. The van der Waals surface area contributed by atoms with E-state index in [0.29, 0.717) is 16.1 Å². The van der Waals surface area contributed by atoms with Crippen molar-refractivity contribution in [2.75, 3.05) is 0 Å². The highest BCUT2D eigenvalue weighted by molar-refractivity contribution is 9.09. The summed E-state index contributed by atoms with van der Waals surface area (Å²) in [5, 5.41) is 0.331. The largest absolute Gasteiger partial charge is 0.443 e. The zero-order valence-corrected chi connectivity index (χ0v) is 13.1. The molecule has 0 radical (unpaired) electrons. The average molecular weight is 347 g/mol. The van der Waals surface area contributed by atoms with Crippen molar-refractivity contribution in [1.29, 1.82) is 0 Å². The van der Waals surface area contributed by atoms with Gasteiger partial charge in [-0.1, -0.05) is 39.7 Å². The summed E-state index contributed by atoms with van der Waals surface area (Å²) in [7, 11) is 0. The van der Waals surface area contributed by atoms with Crippen LogP contribution in [0.5, 0.6) is 0 Å². The Labute approximate surface area is 124 Å². The Morgan fingerprint density at radius 3 is 2.58 bits per heavy atom. The van der Waals surface area contributed by atoms with Crippen LogP contribution in [0.15, 0.2) is 18.2 Å². The first-order valence-corrected chi connectivity index (χ1v) is 7.01. The molecule has 1 aliphatic rings. The van der Waals surface area contributed by atoms with Crippen LogP contribution < -0.4 is 0 Å². The first kappa shape index (κ1) is 14.3. The maximum Gasteiger partial charge on any atom is 0.418 e. The van der Waals surface area contributed by atoms with Crippen molar-refractivity contribution >= 4 is 39.5 Å². The van der Waals surface area contributed by atoms with Crippen LogP contribution in [-0.4, -0.2) is 22.5 Å². The molecule has 0 fully saturated rings. The third-order valence-corrected chi connectivity index (χ3v) is 3.77. The van der Waals surface area contributed by atoms with E-state index in [-0.39, 0.29) is 0 Å². The monoisotopic (exact) mass is 345 g/mol. The van der Waals surface area contributed by atoms with Gasteiger partial charge in [0.05, 0.1) is 10.6 Å². The van der Waals surface area contributed by atoms with E-state index in [1.54, 1.807) is 39.0 Å². The Morgan fingerprint density at radius 2 is 2.05 bits per heavy atom. The van der Waals surface area contributed by atoms with Gasteiger partial charge in [0.15, 0.2) is 0 Å². The molecule has 1 aliphatic heterocycles. The molecule has 0 bridgehead atoms. The predicted molar refractivity (Wildman–Crippen MR) is 75.5 cm³/mol. The second-order valence-electron chi connectivity index (χ2n) is 5.20. The van der Waals surface area contributed by atoms with Gasteiger partial charge in [0.2, 0.25) is 0 Å². The lowest BCUT2D eigenvalue weighted by atomic mass is 10.1. The van der Waals surface area contributed by atoms with Crippen molar-refractivity contribution < 1.29 is 14.3 Å². The van der Waals surface area contributed by atoms with Crippen LogP contribution in [0.2, 0.25) is 5.02 Å². The molecule has 19 heavy (non-hydrogen) atoms. The Hall–Kier alpha value is -1.07. The molecular weight excluding hydrogens is 334 g/mol. The predicted octanol–water partition coefficient (Wildman–Crippen LogP) is 4.12. The second-order valence-corrected chi connectivity index (χ2v) is 6.47. The quantitative estimate of drug-likeness (QED) is 0.524. The smallest absolute Gasteiger partial charge is 0.418 e. The van der Waals surface area contributed by atoms with Crippen molar-refractivity contribution in [3.8, 4) is 0 Å². The van der Waals surface area contributed by atoms with Gasteiger partial charge in [-0.05, 0) is 26.8 Å². The number of fused-ring (bicyclic) bond motifs is 1. The molecule has 102 valence electrons. The van der Waals surface area contributed by atoms with Crippen LogP contribution >= 0.6 is 27.5 Å². The van der Waals surface area contributed by atoms with Gasteiger partial charge in [0.25, 0.3) is 5.91 Å². The van der Waals surface area contributed by atoms with Crippen LogP contribution in [0.3, 0.4) is 0 Å².